The highest BCUT2D eigenvalue weighted by molar-refractivity contribution is 6.03. The number of fused-ring (bicyclic) bond motifs is 1. The van der Waals surface area contributed by atoms with Crippen LogP contribution >= 0.6 is 0 Å². The van der Waals surface area contributed by atoms with Crippen molar-refractivity contribution in [1.82, 2.24) is 25.8 Å². The number of pyridine rings is 1. The molecule has 6 N–H and O–H groups in total. The molecule has 0 fully saturated rings. The maximum absolute atomic E-state index is 13.6. The summed E-state index contributed by atoms with van der Waals surface area (Å²) in [7, 11) is 1.41. The lowest BCUT2D eigenvalue weighted by Gasteiger charge is -2.23. The zero-order valence-corrected chi connectivity index (χ0v) is 25.8. The normalized spacial score (nSPS) is 12.0. The molecule has 4 rings (SSSR count). The number of carboxylic acid groups (broad SMARTS) is 1. The second kappa shape index (κ2) is 15.3. The van der Waals surface area contributed by atoms with Gasteiger partial charge in [0.05, 0.1) is 5.52 Å². The third-order valence-electron chi connectivity index (χ3n) is 7.42. The number of aromatic nitrogens is 1. The van der Waals surface area contributed by atoms with E-state index in [0.717, 1.165) is 15.7 Å². The van der Waals surface area contributed by atoms with Crippen molar-refractivity contribution in [3.63, 3.8) is 0 Å². The third-order valence-corrected chi connectivity index (χ3v) is 7.42. The maximum atomic E-state index is 13.6. The largest absolute Gasteiger partial charge is 0.506 e. The fraction of sp³-hybridized carbons (Fsp3) is 0.235. The maximum Gasteiger partial charge on any atom is 0.322 e. The smallest absolute Gasteiger partial charge is 0.322 e. The highest BCUT2D eigenvalue weighted by Gasteiger charge is 2.27. The van der Waals surface area contributed by atoms with E-state index in [-0.39, 0.29) is 24.8 Å². The van der Waals surface area contributed by atoms with E-state index in [1.807, 2.05) is 60.7 Å². The van der Waals surface area contributed by atoms with Gasteiger partial charge in [-0.2, -0.15) is 0 Å². The van der Waals surface area contributed by atoms with E-state index >= 15 is 0 Å². The van der Waals surface area contributed by atoms with Crippen molar-refractivity contribution >= 4 is 40.5 Å². The Labute approximate surface area is 269 Å². The van der Waals surface area contributed by atoms with Crippen molar-refractivity contribution in [3.8, 4) is 5.75 Å². The number of carbonyl (C=O) groups excluding carboxylic acids is 4. The summed E-state index contributed by atoms with van der Waals surface area (Å²) in [5, 5.41) is 30.2. The Morgan fingerprint density at radius 2 is 1.34 bits per heavy atom. The van der Waals surface area contributed by atoms with Crippen LogP contribution < -0.4 is 26.8 Å². The van der Waals surface area contributed by atoms with E-state index in [9.17, 15) is 33.9 Å². The number of aryl methyl sites for hydroxylation is 1. The fourth-order valence-electron chi connectivity index (χ4n) is 5.09. The van der Waals surface area contributed by atoms with Gasteiger partial charge in [-0.05, 0) is 28.8 Å². The van der Waals surface area contributed by atoms with Crippen molar-refractivity contribution < 1.29 is 34.2 Å². The Morgan fingerprint density at radius 3 is 1.89 bits per heavy atom. The zero-order chi connectivity index (χ0) is 34.1. The molecule has 4 aromatic rings. The molecule has 47 heavy (non-hydrogen) atoms. The molecule has 13 heteroatoms. The molecule has 0 saturated carbocycles. The van der Waals surface area contributed by atoms with Crippen molar-refractivity contribution in [1.29, 1.82) is 0 Å². The van der Waals surface area contributed by atoms with Gasteiger partial charge in [0.25, 0.3) is 11.5 Å². The highest BCUT2D eigenvalue weighted by Crippen LogP contribution is 2.27. The van der Waals surface area contributed by atoms with E-state index in [4.69, 9.17) is 5.11 Å². The van der Waals surface area contributed by atoms with Gasteiger partial charge in [0.15, 0.2) is 0 Å². The number of nitrogens with zero attached hydrogens (tertiary/aromatic N) is 1. The zero-order valence-electron chi connectivity index (χ0n) is 25.8. The van der Waals surface area contributed by atoms with Crippen LogP contribution in [0.1, 0.15) is 34.0 Å². The summed E-state index contributed by atoms with van der Waals surface area (Å²) in [5.41, 5.74) is 0.985. The van der Waals surface area contributed by atoms with Gasteiger partial charge in [-0.3, -0.25) is 28.8 Å². The number of nitrogens with one attached hydrogen (secondary N) is 4. The summed E-state index contributed by atoms with van der Waals surface area (Å²) in [6.45, 7) is 0.520. The number of benzene rings is 3. The fourth-order valence-corrected chi connectivity index (χ4v) is 5.09. The first-order chi connectivity index (χ1) is 22.4. The monoisotopic (exact) mass is 641 g/mol. The summed E-state index contributed by atoms with van der Waals surface area (Å²) in [5.74, 6) is -4.44. The molecular formula is C34H35N5O8. The molecule has 3 aromatic carbocycles. The summed E-state index contributed by atoms with van der Waals surface area (Å²) in [6, 6.07) is 21.0. The molecule has 0 aliphatic carbocycles. The number of aliphatic carboxylic acids is 1. The molecular weight excluding hydrogens is 606 g/mol. The van der Waals surface area contributed by atoms with Gasteiger partial charge in [0.1, 0.15) is 29.9 Å². The molecule has 0 aliphatic rings. The molecule has 0 unspecified atom stereocenters. The van der Waals surface area contributed by atoms with Crippen LogP contribution in [0.4, 0.5) is 0 Å². The number of hydrogen-bond donors (Lipinski definition) is 6. The van der Waals surface area contributed by atoms with Gasteiger partial charge in [-0.25, -0.2) is 0 Å². The summed E-state index contributed by atoms with van der Waals surface area (Å²) >= 11 is 0. The summed E-state index contributed by atoms with van der Waals surface area (Å²) in [4.78, 5) is 75.2. The number of rotatable bonds is 13. The van der Waals surface area contributed by atoms with Gasteiger partial charge in [0.2, 0.25) is 17.7 Å². The third kappa shape index (κ3) is 8.81. The second-order valence-corrected chi connectivity index (χ2v) is 10.9. The van der Waals surface area contributed by atoms with Crippen molar-refractivity contribution in [2.45, 2.75) is 38.4 Å². The van der Waals surface area contributed by atoms with Crippen molar-refractivity contribution in [2.24, 2.45) is 7.05 Å². The molecule has 244 valence electrons. The van der Waals surface area contributed by atoms with Crippen molar-refractivity contribution in [2.75, 3.05) is 6.54 Å². The van der Waals surface area contributed by atoms with Crippen molar-refractivity contribution in [3.05, 3.63) is 111 Å². The Hall–Kier alpha value is -5.98. The van der Waals surface area contributed by atoms with E-state index in [1.54, 1.807) is 12.1 Å². The van der Waals surface area contributed by atoms with Crippen LogP contribution in [-0.4, -0.2) is 63.0 Å². The Kier molecular flexibility index (Phi) is 11.1. The molecule has 0 bridgehead atoms. The van der Waals surface area contributed by atoms with Gasteiger partial charge in [-0.1, -0.05) is 66.7 Å². The van der Waals surface area contributed by atoms with Crippen LogP contribution in [-0.2, 0) is 45.6 Å². The molecule has 0 spiro atoms. The number of hydrogen-bond acceptors (Lipinski definition) is 7. The van der Waals surface area contributed by atoms with E-state index in [2.05, 4.69) is 21.3 Å². The molecule has 1 heterocycles. The molecule has 4 amide bonds. The predicted octanol–water partition coefficient (Wildman–Crippen LogP) is 1.15. The molecule has 2 atom stereocenters. The van der Waals surface area contributed by atoms with Crippen LogP contribution in [0.5, 0.6) is 5.75 Å². The minimum atomic E-state index is -1.32. The second-order valence-electron chi connectivity index (χ2n) is 10.9. The van der Waals surface area contributed by atoms with Gasteiger partial charge >= 0.3 is 5.97 Å². The van der Waals surface area contributed by atoms with Gasteiger partial charge < -0.3 is 36.0 Å². The lowest BCUT2D eigenvalue weighted by molar-refractivity contribution is -0.135. The average molecular weight is 642 g/mol. The van der Waals surface area contributed by atoms with Gasteiger partial charge in [0, 0.05) is 38.7 Å². The summed E-state index contributed by atoms with van der Waals surface area (Å²) in [6.07, 6.45) is 0.372. The lowest BCUT2D eigenvalue weighted by Crippen LogP contribution is -2.54. The number of amides is 4. The SMILES string of the molecule is CC(=O)N[C@@H](Cc1ccccc1)C(=O)N[C@@H](Cc1ccccc1)C(=O)NCc1ccc2c(c1)c(O)c(C(=O)NCC(=O)O)c(=O)n2C. The Balaban J connectivity index is 1.56. The average Bonchev–Trinajstić information content (AvgIpc) is 3.05. The number of carbonyl (C=O) groups is 5. The standard InChI is InChI=1S/C34H35N5O8/c1-20(40)37-26(17-22-11-7-4-8-12-22)32(45)38-25(16-21-9-5-3-6-10-21)31(44)35-18-23-13-14-27-24(15-23)30(43)29(34(47)39(27)2)33(46)36-19-28(41)42/h3-15,25-26,43H,16-19H2,1-2H3,(H,35,44)(H,36,46)(H,37,40)(H,38,45)(H,41,42)/t25-,26-/m0/s1. The number of carboxylic acids is 1. The first kappa shape index (κ1) is 33.9. The molecule has 0 radical (unpaired) electrons. The summed E-state index contributed by atoms with van der Waals surface area (Å²) < 4.78 is 1.15. The van der Waals surface area contributed by atoms with Crippen LogP contribution in [0.2, 0.25) is 0 Å². The topological polar surface area (TPSA) is 196 Å². The van der Waals surface area contributed by atoms with Crippen LogP contribution in [0.25, 0.3) is 10.9 Å². The quantitative estimate of drug-likeness (QED) is 0.125. The van der Waals surface area contributed by atoms with Crippen LogP contribution in [0.3, 0.4) is 0 Å². The van der Waals surface area contributed by atoms with Crippen LogP contribution in [0.15, 0.2) is 83.7 Å². The molecule has 0 aliphatic heterocycles. The first-order valence-electron chi connectivity index (χ1n) is 14.7. The number of aromatic hydroxyl groups is 1. The van der Waals surface area contributed by atoms with E-state index in [0.29, 0.717) is 11.1 Å². The molecule has 1 aromatic heterocycles. The highest BCUT2D eigenvalue weighted by atomic mass is 16.4. The van der Waals surface area contributed by atoms with E-state index < -0.39 is 65.1 Å². The molecule has 13 nitrogen and oxygen atoms in total. The van der Waals surface area contributed by atoms with Crippen LogP contribution in [0, 0.1) is 0 Å². The molecule has 0 saturated heterocycles. The van der Waals surface area contributed by atoms with E-state index in [1.165, 1.54) is 20.0 Å². The Morgan fingerprint density at radius 1 is 0.766 bits per heavy atom. The first-order valence-corrected chi connectivity index (χ1v) is 14.7. The minimum absolute atomic E-state index is 0.0438. The predicted molar refractivity (Wildman–Crippen MR) is 172 cm³/mol. The van der Waals surface area contributed by atoms with Gasteiger partial charge in [-0.15, -0.1) is 0 Å². The Bertz CT molecular complexity index is 1860. The lowest BCUT2D eigenvalue weighted by atomic mass is 10.0. The minimum Gasteiger partial charge on any atom is -0.506 e.